The summed E-state index contributed by atoms with van der Waals surface area (Å²) in [6, 6.07) is 21.5. The van der Waals surface area contributed by atoms with E-state index in [0.717, 1.165) is 60.0 Å². The molecule has 0 N–H and O–H groups in total. The molecule has 0 saturated carbocycles. The summed E-state index contributed by atoms with van der Waals surface area (Å²) >= 11 is 0. The molecule has 2 aromatic carbocycles. The minimum Gasteiger partial charge on any atom is -0.467 e. The zero-order valence-electron chi connectivity index (χ0n) is 19.4. The molecular weight excluding hydrogens is 426 g/mol. The SMILES string of the molecule is Cc1ccccc1C(=O)N(Cc1ccco1)Cc1c(-c2ccccc2)noc1N1CCCCC1. The van der Waals surface area contributed by atoms with Gasteiger partial charge in [-0.15, -0.1) is 0 Å². The van der Waals surface area contributed by atoms with Crippen molar-refractivity contribution < 1.29 is 13.7 Å². The number of carbonyl (C=O) groups is 1. The molecule has 0 atom stereocenters. The van der Waals surface area contributed by atoms with Gasteiger partial charge in [-0.25, -0.2) is 0 Å². The molecule has 0 radical (unpaired) electrons. The number of hydrogen-bond donors (Lipinski definition) is 0. The van der Waals surface area contributed by atoms with E-state index in [9.17, 15) is 4.79 Å². The number of nitrogens with zero attached hydrogens (tertiary/aromatic N) is 3. The molecule has 0 spiro atoms. The quantitative estimate of drug-likeness (QED) is 0.338. The smallest absolute Gasteiger partial charge is 0.254 e. The average molecular weight is 456 g/mol. The van der Waals surface area contributed by atoms with E-state index in [1.807, 2.05) is 78.6 Å². The number of carbonyl (C=O) groups excluding carboxylic acids is 1. The van der Waals surface area contributed by atoms with Gasteiger partial charge in [-0.3, -0.25) is 4.79 Å². The van der Waals surface area contributed by atoms with Crippen molar-refractivity contribution in [3.05, 3.63) is 95.4 Å². The Hall–Kier alpha value is -3.80. The number of benzene rings is 2. The fourth-order valence-electron chi connectivity index (χ4n) is 4.58. The highest BCUT2D eigenvalue weighted by Gasteiger charge is 2.28. The van der Waals surface area contributed by atoms with Gasteiger partial charge in [0.25, 0.3) is 5.91 Å². The normalized spacial score (nSPS) is 13.7. The van der Waals surface area contributed by atoms with Crippen LogP contribution in [0.2, 0.25) is 0 Å². The van der Waals surface area contributed by atoms with Crippen LogP contribution >= 0.6 is 0 Å². The number of piperidine rings is 1. The molecule has 1 saturated heterocycles. The maximum absolute atomic E-state index is 13.8. The molecule has 1 amide bonds. The van der Waals surface area contributed by atoms with Crippen LogP contribution in [0, 0.1) is 6.92 Å². The molecule has 0 unspecified atom stereocenters. The van der Waals surface area contributed by atoms with Crippen LogP contribution in [0.15, 0.2) is 81.9 Å². The summed E-state index contributed by atoms with van der Waals surface area (Å²) in [7, 11) is 0. The summed E-state index contributed by atoms with van der Waals surface area (Å²) in [5.74, 6) is 1.46. The molecule has 1 aliphatic rings. The molecule has 2 aromatic heterocycles. The minimum absolute atomic E-state index is 0.0423. The van der Waals surface area contributed by atoms with Gasteiger partial charge < -0.3 is 18.7 Å². The summed E-state index contributed by atoms with van der Waals surface area (Å²) in [6.45, 7) is 4.55. The van der Waals surface area contributed by atoms with Gasteiger partial charge in [-0.05, 0) is 49.9 Å². The number of aryl methyl sites for hydroxylation is 1. The second-order valence-corrected chi connectivity index (χ2v) is 8.78. The number of furan rings is 1. The van der Waals surface area contributed by atoms with Gasteiger partial charge in [-0.1, -0.05) is 53.7 Å². The van der Waals surface area contributed by atoms with Crippen LogP contribution in [0.3, 0.4) is 0 Å². The third-order valence-corrected chi connectivity index (χ3v) is 6.40. The van der Waals surface area contributed by atoms with Gasteiger partial charge in [0.2, 0.25) is 5.88 Å². The number of amides is 1. The Labute approximate surface area is 199 Å². The maximum Gasteiger partial charge on any atom is 0.254 e. The molecule has 4 aromatic rings. The molecule has 174 valence electrons. The molecule has 1 aliphatic heterocycles. The Morgan fingerprint density at radius 1 is 0.941 bits per heavy atom. The first-order chi connectivity index (χ1) is 16.7. The van der Waals surface area contributed by atoms with Gasteiger partial charge in [0.05, 0.1) is 24.9 Å². The van der Waals surface area contributed by atoms with Gasteiger partial charge in [-0.2, -0.15) is 0 Å². The molecule has 3 heterocycles. The van der Waals surface area contributed by atoms with Gasteiger partial charge in [0, 0.05) is 24.2 Å². The first-order valence-corrected chi connectivity index (χ1v) is 11.9. The van der Waals surface area contributed by atoms with E-state index < -0.39 is 0 Å². The topological polar surface area (TPSA) is 62.7 Å². The molecule has 0 bridgehead atoms. The summed E-state index contributed by atoms with van der Waals surface area (Å²) < 4.78 is 11.6. The first kappa shape index (κ1) is 22.0. The molecule has 6 nitrogen and oxygen atoms in total. The lowest BCUT2D eigenvalue weighted by Gasteiger charge is -2.28. The van der Waals surface area contributed by atoms with Crippen LogP contribution in [0.25, 0.3) is 11.3 Å². The van der Waals surface area contributed by atoms with Crippen molar-refractivity contribution in [2.75, 3.05) is 18.0 Å². The van der Waals surface area contributed by atoms with Crippen LogP contribution < -0.4 is 4.90 Å². The van der Waals surface area contributed by atoms with Crippen molar-refractivity contribution in [1.29, 1.82) is 0 Å². The maximum atomic E-state index is 13.8. The molecule has 34 heavy (non-hydrogen) atoms. The van der Waals surface area contributed by atoms with E-state index >= 15 is 0 Å². The van der Waals surface area contributed by atoms with E-state index in [2.05, 4.69) is 10.1 Å². The van der Waals surface area contributed by atoms with Crippen LogP contribution in [0.5, 0.6) is 0 Å². The number of hydrogen-bond acceptors (Lipinski definition) is 5. The zero-order chi connectivity index (χ0) is 23.3. The highest BCUT2D eigenvalue weighted by molar-refractivity contribution is 5.95. The minimum atomic E-state index is -0.0423. The molecular formula is C28H29N3O3. The standard InChI is InChI=1S/C28H29N3O3/c1-21-11-6-7-15-24(21)27(32)31(19-23-14-10-18-33-23)20-25-26(22-12-4-2-5-13-22)29-34-28(25)30-16-8-3-9-17-30/h2,4-7,10-15,18H,3,8-9,16-17,19-20H2,1H3. The second-order valence-electron chi connectivity index (χ2n) is 8.78. The predicted octanol–water partition coefficient (Wildman–Crippen LogP) is 6.08. The fourth-order valence-corrected chi connectivity index (χ4v) is 4.58. The Morgan fingerprint density at radius 2 is 1.71 bits per heavy atom. The largest absolute Gasteiger partial charge is 0.467 e. The molecule has 0 aliphatic carbocycles. The van der Waals surface area contributed by atoms with E-state index in [0.29, 0.717) is 18.7 Å². The van der Waals surface area contributed by atoms with Crippen LogP contribution in [0.1, 0.15) is 46.5 Å². The van der Waals surface area contributed by atoms with E-state index in [-0.39, 0.29) is 5.91 Å². The third kappa shape index (κ3) is 4.62. The van der Waals surface area contributed by atoms with Crippen molar-refractivity contribution in [3.8, 4) is 11.3 Å². The van der Waals surface area contributed by atoms with Crippen LogP contribution in [-0.2, 0) is 13.1 Å². The van der Waals surface area contributed by atoms with Crippen molar-refractivity contribution in [1.82, 2.24) is 10.1 Å². The third-order valence-electron chi connectivity index (χ3n) is 6.40. The second kappa shape index (κ2) is 10.00. The Morgan fingerprint density at radius 3 is 2.44 bits per heavy atom. The zero-order valence-corrected chi connectivity index (χ0v) is 19.4. The number of rotatable bonds is 7. The fraction of sp³-hybridized carbons (Fsp3) is 0.286. The van der Waals surface area contributed by atoms with E-state index in [1.165, 1.54) is 6.42 Å². The van der Waals surface area contributed by atoms with Crippen molar-refractivity contribution in [2.45, 2.75) is 39.3 Å². The van der Waals surface area contributed by atoms with Gasteiger partial charge in [0.1, 0.15) is 11.5 Å². The summed E-state index contributed by atoms with van der Waals surface area (Å²) in [4.78, 5) is 17.9. The van der Waals surface area contributed by atoms with Crippen LogP contribution in [0.4, 0.5) is 5.88 Å². The first-order valence-electron chi connectivity index (χ1n) is 11.9. The summed E-state index contributed by atoms with van der Waals surface area (Å²) in [5, 5.41) is 4.48. The Kier molecular flexibility index (Phi) is 6.47. The van der Waals surface area contributed by atoms with Crippen molar-refractivity contribution in [2.24, 2.45) is 0 Å². The Balaban J connectivity index is 1.56. The summed E-state index contributed by atoms with van der Waals surface area (Å²) in [5.41, 5.74) is 4.32. The molecule has 1 fully saturated rings. The number of anilines is 1. The lowest BCUT2D eigenvalue weighted by atomic mass is 10.0. The van der Waals surface area contributed by atoms with E-state index in [1.54, 1.807) is 6.26 Å². The van der Waals surface area contributed by atoms with Crippen molar-refractivity contribution in [3.63, 3.8) is 0 Å². The lowest BCUT2D eigenvalue weighted by molar-refractivity contribution is 0.0717. The lowest BCUT2D eigenvalue weighted by Crippen LogP contribution is -2.33. The van der Waals surface area contributed by atoms with Gasteiger partial charge >= 0.3 is 0 Å². The predicted molar refractivity (Wildman–Crippen MR) is 131 cm³/mol. The highest BCUT2D eigenvalue weighted by atomic mass is 16.5. The van der Waals surface area contributed by atoms with E-state index in [4.69, 9.17) is 8.94 Å². The van der Waals surface area contributed by atoms with Crippen molar-refractivity contribution >= 4 is 11.8 Å². The van der Waals surface area contributed by atoms with Gasteiger partial charge in [0.15, 0.2) is 0 Å². The average Bonchev–Trinajstić information content (AvgIpc) is 3.55. The molecule has 6 heteroatoms. The van der Waals surface area contributed by atoms with Crippen LogP contribution in [-0.4, -0.2) is 29.1 Å². The molecule has 5 rings (SSSR count). The highest BCUT2D eigenvalue weighted by Crippen LogP contribution is 2.34. The Bertz CT molecular complexity index is 1230. The number of aromatic nitrogens is 1. The monoisotopic (exact) mass is 455 g/mol. The summed E-state index contributed by atoms with van der Waals surface area (Å²) in [6.07, 6.45) is 5.11.